The normalized spacial score (nSPS) is 37.4. The molecule has 2 N–H and O–H groups in total. The fourth-order valence-corrected chi connectivity index (χ4v) is 2.55. The Balaban J connectivity index is 1.75. The lowest BCUT2D eigenvalue weighted by molar-refractivity contribution is 0.128. The molecule has 2 aliphatic carbocycles. The van der Waals surface area contributed by atoms with Gasteiger partial charge >= 0.3 is 0 Å². The van der Waals surface area contributed by atoms with Gasteiger partial charge in [-0.3, -0.25) is 0 Å². The summed E-state index contributed by atoms with van der Waals surface area (Å²) in [7, 11) is 0. The molecule has 2 heteroatoms. The highest BCUT2D eigenvalue weighted by Gasteiger charge is 2.30. The number of nitrogens with one attached hydrogen (secondary N) is 1. The second kappa shape index (κ2) is 3.97. The minimum Gasteiger partial charge on any atom is -0.392 e. The van der Waals surface area contributed by atoms with Crippen molar-refractivity contribution in [1.29, 1.82) is 0 Å². The molecule has 0 spiro atoms. The lowest BCUT2D eigenvalue weighted by atomic mass is 9.80. The molecule has 2 fully saturated rings. The monoisotopic (exact) mass is 183 g/mol. The molecular weight excluding hydrogens is 162 g/mol. The Morgan fingerprint density at radius 3 is 2.31 bits per heavy atom. The van der Waals surface area contributed by atoms with Crippen LogP contribution in [-0.2, 0) is 0 Å². The fourth-order valence-electron chi connectivity index (χ4n) is 2.55. The van der Waals surface area contributed by atoms with Crippen LogP contribution in [0.1, 0.15) is 45.4 Å². The second-order valence-electron chi connectivity index (χ2n) is 4.75. The topological polar surface area (TPSA) is 32.3 Å². The van der Waals surface area contributed by atoms with Crippen LogP contribution in [0, 0.1) is 5.92 Å². The van der Waals surface area contributed by atoms with Crippen molar-refractivity contribution in [2.75, 3.05) is 0 Å². The minimum absolute atomic E-state index is 0.0810. The molecule has 0 radical (unpaired) electrons. The minimum atomic E-state index is -0.0810. The number of aliphatic hydroxyl groups is 1. The van der Waals surface area contributed by atoms with Gasteiger partial charge in [0.05, 0.1) is 6.10 Å². The Morgan fingerprint density at radius 1 is 1.15 bits per heavy atom. The molecule has 76 valence electrons. The molecule has 0 amide bonds. The largest absolute Gasteiger partial charge is 0.392 e. The summed E-state index contributed by atoms with van der Waals surface area (Å²) >= 11 is 0. The Kier molecular flexibility index (Phi) is 2.89. The zero-order valence-corrected chi connectivity index (χ0v) is 8.50. The summed E-state index contributed by atoms with van der Waals surface area (Å²) in [5.74, 6) is 0.882. The summed E-state index contributed by atoms with van der Waals surface area (Å²) in [6, 6.07) is 1.00. The molecule has 2 aliphatic rings. The van der Waals surface area contributed by atoms with Crippen molar-refractivity contribution < 1.29 is 5.11 Å². The number of rotatable bonds is 3. The zero-order chi connectivity index (χ0) is 9.26. The van der Waals surface area contributed by atoms with Gasteiger partial charge in [0.25, 0.3) is 0 Å². The van der Waals surface area contributed by atoms with Crippen LogP contribution < -0.4 is 5.32 Å². The van der Waals surface area contributed by atoms with Crippen LogP contribution in [0.3, 0.4) is 0 Å². The average Bonchev–Trinajstić information content (AvgIpc) is 2.32. The summed E-state index contributed by atoms with van der Waals surface area (Å²) in [6.07, 6.45) is 7.45. The molecule has 3 unspecified atom stereocenters. The summed E-state index contributed by atoms with van der Waals surface area (Å²) in [4.78, 5) is 0. The SMILES string of the molecule is CC(NC1CCCC1O)C1CCC1. The van der Waals surface area contributed by atoms with Crippen molar-refractivity contribution in [3.8, 4) is 0 Å². The summed E-state index contributed by atoms with van der Waals surface area (Å²) in [5.41, 5.74) is 0. The van der Waals surface area contributed by atoms with E-state index in [1.807, 2.05) is 0 Å². The average molecular weight is 183 g/mol. The first-order valence-corrected chi connectivity index (χ1v) is 5.71. The quantitative estimate of drug-likeness (QED) is 0.697. The predicted octanol–water partition coefficient (Wildman–Crippen LogP) is 1.68. The highest BCUT2D eigenvalue weighted by atomic mass is 16.3. The van der Waals surface area contributed by atoms with Gasteiger partial charge in [-0.15, -0.1) is 0 Å². The first-order valence-electron chi connectivity index (χ1n) is 5.71. The van der Waals surface area contributed by atoms with Crippen LogP contribution in [0.4, 0.5) is 0 Å². The molecule has 0 aromatic carbocycles. The van der Waals surface area contributed by atoms with Gasteiger partial charge in [-0.05, 0) is 44.9 Å². The Labute approximate surface area is 80.7 Å². The van der Waals surface area contributed by atoms with Crippen molar-refractivity contribution in [2.24, 2.45) is 5.92 Å². The number of aliphatic hydroxyl groups excluding tert-OH is 1. The Hall–Kier alpha value is -0.0800. The summed E-state index contributed by atoms with van der Waals surface area (Å²) in [6.45, 7) is 2.27. The van der Waals surface area contributed by atoms with Gasteiger partial charge in [0, 0.05) is 12.1 Å². The lowest BCUT2D eigenvalue weighted by Gasteiger charge is -2.34. The molecule has 3 atom stereocenters. The molecule has 0 aromatic rings. The van der Waals surface area contributed by atoms with Crippen LogP contribution in [-0.4, -0.2) is 23.3 Å². The van der Waals surface area contributed by atoms with Gasteiger partial charge in [-0.25, -0.2) is 0 Å². The molecule has 0 aliphatic heterocycles. The van der Waals surface area contributed by atoms with Gasteiger partial charge in [0.1, 0.15) is 0 Å². The molecular formula is C11H21NO. The van der Waals surface area contributed by atoms with E-state index in [2.05, 4.69) is 12.2 Å². The Morgan fingerprint density at radius 2 is 1.85 bits per heavy atom. The van der Waals surface area contributed by atoms with Crippen molar-refractivity contribution in [3.63, 3.8) is 0 Å². The molecule has 2 saturated carbocycles. The maximum atomic E-state index is 9.65. The van der Waals surface area contributed by atoms with E-state index in [0.29, 0.717) is 12.1 Å². The smallest absolute Gasteiger partial charge is 0.0693 e. The summed E-state index contributed by atoms with van der Waals surface area (Å²) in [5, 5.41) is 13.2. The summed E-state index contributed by atoms with van der Waals surface area (Å²) < 4.78 is 0. The van der Waals surface area contributed by atoms with Crippen molar-refractivity contribution in [1.82, 2.24) is 5.32 Å². The van der Waals surface area contributed by atoms with E-state index in [1.165, 1.54) is 25.7 Å². The van der Waals surface area contributed by atoms with Crippen molar-refractivity contribution >= 4 is 0 Å². The fraction of sp³-hybridized carbons (Fsp3) is 1.00. The third-order valence-corrected chi connectivity index (χ3v) is 3.81. The first kappa shape index (κ1) is 9.47. The van der Waals surface area contributed by atoms with E-state index in [9.17, 15) is 5.11 Å². The third-order valence-electron chi connectivity index (χ3n) is 3.81. The molecule has 13 heavy (non-hydrogen) atoms. The zero-order valence-electron chi connectivity index (χ0n) is 8.50. The van der Waals surface area contributed by atoms with E-state index >= 15 is 0 Å². The van der Waals surface area contributed by atoms with Crippen molar-refractivity contribution in [2.45, 2.75) is 63.6 Å². The third kappa shape index (κ3) is 2.05. The lowest BCUT2D eigenvalue weighted by Crippen LogP contribution is -2.46. The molecule has 0 aromatic heterocycles. The molecule has 0 saturated heterocycles. The van der Waals surface area contributed by atoms with Crippen LogP contribution in [0.25, 0.3) is 0 Å². The van der Waals surface area contributed by atoms with Gasteiger partial charge in [0.2, 0.25) is 0 Å². The maximum Gasteiger partial charge on any atom is 0.0693 e. The molecule has 2 rings (SSSR count). The van der Waals surface area contributed by atoms with Crippen LogP contribution in [0.15, 0.2) is 0 Å². The molecule has 2 nitrogen and oxygen atoms in total. The van der Waals surface area contributed by atoms with E-state index in [-0.39, 0.29) is 6.10 Å². The van der Waals surface area contributed by atoms with E-state index in [0.717, 1.165) is 18.8 Å². The van der Waals surface area contributed by atoms with E-state index in [4.69, 9.17) is 0 Å². The number of hydrogen-bond acceptors (Lipinski definition) is 2. The van der Waals surface area contributed by atoms with Gasteiger partial charge in [0.15, 0.2) is 0 Å². The van der Waals surface area contributed by atoms with Crippen LogP contribution >= 0.6 is 0 Å². The maximum absolute atomic E-state index is 9.65. The number of hydrogen-bond donors (Lipinski definition) is 2. The highest BCUT2D eigenvalue weighted by Crippen LogP contribution is 2.30. The van der Waals surface area contributed by atoms with Crippen molar-refractivity contribution in [3.05, 3.63) is 0 Å². The molecule has 0 heterocycles. The highest BCUT2D eigenvalue weighted by molar-refractivity contribution is 4.88. The Bertz CT molecular complexity index is 167. The molecule has 0 bridgehead atoms. The van der Waals surface area contributed by atoms with Gasteiger partial charge in [-0.1, -0.05) is 6.42 Å². The second-order valence-corrected chi connectivity index (χ2v) is 4.75. The van der Waals surface area contributed by atoms with E-state index in [1.54, 1.807) is 0 Å². The first-order chi connectivity index (χ1) is 6.27. The van der Waals surface area contributed by atoms with Gasteiger partial charge < -0.3 is 10.4 Å². The van der Waals surface area contributed by atoms with Crippen LogP contribution in [0.5, 0.6) is 0 Å². The van der Waals surface area contributed by atoms with E-state index < -0.39 is 0 Å². The standard InChI is InChI=1S/C11H21NO/c1-8(9-4-2-5-9)12-10-6-3-7-11(10)13/h8-13H,2-7H2,1H3. The van der Waals surface area contributed by atoms with Gasteiger partial charge in [-0.2, -0.15) is 0 Å². The van der Waals surface area contributed by atoms with Crippen LogP contribution in [0.2, 0.25) is 0 Å². The predicted molar refractivity (Wildman–Crippen MR) is 53.6 cm³/mol.